The molecule has 0 bridgehead atoms. The second-order valence-electron chi connectivity index (χ2n) is 3.64. The van der Waals surface area contributed by atoms with Crippen molar-refractivity contribution in [2.24, 2.45) is 0 Å². The van der Waals surface area contributed by atoms with Crippen LogP contribution in [0.1, 0.15) is 35.7 Å². The zero-order valence-corrected chi connectivity index (χ0v) is 10.9. The topological polar surface area (TPSA) is 49.3 Å². The number of aromatic carboxylic acids is 1. The smallest absolute Gasteiger partial charge is 0.335 e. The molecule has 0 atom stereocenters. The van der Waals surface area contributed by atoms with E-state index in [1.165, 1.54) is 6.42 Å². The molecule has 0 amide bonds. The zero-order valence-electron chi connectivity index (χ0n) is 9.29. The van der Waals surface area contributed by atoms with Gasteiger partial charge in [-0.25, -0.2) is 4.79 Å². The summed E-state index contributed by atoms with van der Waals surface area (Å²) in [4.78, 5) is 10.7. The first-order valence-corrected chi connectivity index (χ1v) is 6.17. The standard InChI is InChI=1S/C12H16BrNO2/c1-2-3-6-14-8-10-5-4-9(12(15)16)7-11(10)13/h4-5,7,14H,2-3,6,8H2,1H3,(H,15,16). The third-order valence-electron chi connectivity index (χ3n) is 2.32. The monoisotopic (exact) mass is 285 g/mol. The van der Waals surface area contributed by atoms with E-state index in [1.54, 1.807) is 12.1 Å². The Morgan fingerprint density at radius 1 is 1.50 bits per heavy atom. The Labute approximate surface area is 104 Å². The molecule has 0 saturated carbocycles. The van der Waals surface area contributed by atoms with E-state index < -0.39 is 5.97 Å². The third kappa shape index (κ3) is 3.94. The van der Waals surface area contributed by atoms with Gasteiger partial charge in [0, 0.05) is 11.0 Å². The van der Waals surface area contributed by atoms with Crippen LogP contribution in [0.4, 0.5) is 0 Å². The second-order valence-corrected chi connectivity index (χ2v) is 4.50. The van der Waals surface area contributed by atoms with E-state index in [0.29, 0.717) is 5.56 Å². The van der Waals surface area contributed by atoms with E-state index in [9.17, 15) is 4.79 Å². The highest BCUT2D eigenvalue weighted by Gasteiger charge is 2.06. The Morgan fingerprint density at radius 2 is 2.25 bits per heavy atom. The molecule has 1 aromatic carbocycles. The summed E-state index contributed by atoms with van der Waals surface area (Å²) in [7, 11) is 0. The first kappa shape index (κ1) is 13.2. The molecule has 1 aromatic rings. The van der Waals surface area contributed by atoms with Crippen LogP contribution in [-0.4, -0.2) is 17.6 Å². The zero-order chi connectivity index (χ0) is 12.0. The SMILES string of the molecule is CCCCNCc1ccc(C(=O)O)cc1Br. The van der Waals surface area contributed by atoms with Gasteiger partial charge in [-0.3, -0.25) is 0 Å². The van der Waals surface area contributed by atoms with Crippen LogP contribution in [0.15, 0.2) is 22.7 Å². The summed E-state index contributed by atoms with van der Waals surface area (Å²) in [6.45, 7) is 3.91. The highest BCUT2D eigenvalue weighted by molar-refractivity contribution is 9.10. The molecular formula is C12H16BrNO2. The van der Waals surface area contributed by atoms with Gasteiger partial charge in [-0.05, 0) is 30.7 Å². The van der Waals surface area contributed by atoms with Gasteiger partial charge < -0.3 is 10.4 Å². The Balaban J connectivity index is 2.57. The molecule has 16 heavy (non-hydrogen) atoms. The minimum absolute atomic E-state index is 0.309. The molecule has 0 aliphatic rings. The molecule has 0 heterocycles. The average Bonchev–Trinajstić information content (AvgIpc) is 2.26. The minimum Gasteiger partial charge on any atom is -0.478 e. The van der Waals surface area contributed by atoms with E-state index in [2.05, 4.69) is 28.2 Å². The van der Waals surface area contributed by atoms with Gasteiger partial charge in [-0.1, -0.05) is 35.3 Å². The van der Waals surface area contributed by atoms with E-state index >= 15 is 0 Å². The molecule has 4 heteroatoms. The van der Waals surface area contributed by atoms with E-state index in [-0.39, 0.29) is 0 Å². The van der Waals surface area contributed by atoms with Crippen molar-refractivity contribution < 1.29 is 9.90 Å². The predicted octanol–water partition coefficient (Wildman–Crippen LogP) is 3.04. The van der Waals surface area contributed by atoms with Gasteiger partial charge in [-0.15, -0.1) is 0 Å². The summed E-state index contributed by atoms with van der Waals surface area (Å²) in [6.07, 6.45) is 2.33. The number of rotatable bonds is 6. The van der Waals surface area contributed by atoms with Gasteiger partial charge in [-0.2, -0.15) is 0 Å². The number of hydrogen-bond acceptors (Lipinski definition) is 2. The third-order valence-corrected chi connectivity index (χ3v) is 3.06. The van der Waals surface area contributed by atoms with Crippen molar-refractivity contribution in [3.05, 3.63) is 33.8 Å². The lowest BCUT2D eigenvalue weighted by molar-refractivity contribution is 0.0697. The number of unbranched alkanes of at least 4 members (excludes halogenated alkanes) is 1. The molecule has 0 aliphatic carbocycles. The van der Waals surface area contributed by atoms with Crippen LogP contribution in [0.2, 0.25) is 0 Å². The van der Waals surface area contributed by atoms with Crippen molar-refractivity contribution in [3.63, 3.8) is 0 Å². The molecule has 0 aliphatic heterocycles. The van der Waals surface area contributed by atoms with Crippen molar-refractivity contribution in [3.8, 4) is 0 Å². The summed E-state index contributed by atoms with van der Waals surface area (Å²) < 4.78 is 0.844. The second kappa shape index (κ2) is 6.66. The Morgan fingerprint density at radius 3 is 2.81 bits per heavy atom. The minimum atomic E-state index is -0.897. The number of benzene rings is 1. The average molecular weight is 286 g/mol. The van der Waals surface area contributed by atoms with Gasteiger partial charge in [0.25, 0.3) is 0 Å². The van der Waals surface area contributed by atoms with E-state index in [1.807, 2.05) is 6.07 Å². The lowest BCUT2D eigenvalue weighted by atomic mass is 10.1. The Bertz CT molecular complexity index is 366. The molecular weight excluding hydrogens is 270 g/mol. The molecule has 0 radical (unpaired) electrons. The van der Waals surface area contributed by atoms with Crippen molar-refractivity contribution in [2.45, 2.75) is 26.3 Å². The highest BCUT2D eigenvalue weighted by atomic mass is 79.9. The fourth-order valence-electron chi connectivity index (χ4n) is 1.35. The predicted molar refractivity (Wildman–Crippen MR) is 67.7 cm³/mol. The van der Waals surface area contributed by atoms with E-state index in [0.717, 1.165) is 29.5 Å². The highest BCUT2D eigenvalue weighted by Crippen LogP contribution is 2.18. The van der Waals surface area contributed by atoms with Gasteiger partial charge in [0.15, 0.2) is 0 Å². The number of carbonyl (C=O) groups is 1. The number of carboxylic acids is 1. The summed E-state index contributed by atoms with van der Waals surface area (Å²) in [5.41, 5.74) is 1.39. The van der Waals surface area contributed by atoms with Crippen molar-refractivity contribution in [1.29, 1.82) is 0 Å². The van der Waals surface area contributed by atoms with Gasteiger partial charge in [0.05, 0.1) is 5.56 Å². The van der Waals surface area contributed by atoms with Crippen LogP contribution >= 0.6 is 15.9 Å². The molecule has 1 rings (SSSR count). The summed E-state index contributed by atoms with van der Waals surface area (Å²) >= 11 is 3.38. The lowest BCUT2D eigenvalue weighted by Gasteiger charge is -2.07. The molecule has 0 saturated heterocycles. The maximum absolute atomic E-state index is 10.7. The van der Waals surface area contributed by atoms with Crippen LogP contribution in [-0.2, 0) is 6.54 Å². The molecule has 2 N–H and O–H groups in total. The maximum atomic E-state index is 10.7. The summed E-state index contributed by atoms with van der Waals surface area (Å²) in [5, 5.41) is 12.1. The van der Waals surface area contributed by atoms with E-state index in [4.69, 9.17) is 5.11 Å². The molecule has 3 nitrogen and oxygen atoms in total. The van der Waals surface area contributed by atoms with Gasteiger partial charge in [0.1, 0.15) is 0 Å². The first-order valence-electron chi connectivity index (χ1n) is 5.37. The molecule has 0 aromatic heterocycles. The lowest BCUT2D eigenvalue weighted by Crippen LogP contribution is -2.14. The summed E-state index contributed by atoms with van der Waals surface area (Å²) in [6, 6.07) is 5.11. The van der Waals surface area contributed by atoms with Crippen molar-refractivity contribution >= 4 is 21.9 Å². The van der Waals surface area contributed by atoms with Crippen molar-refractivity contribution in [1.82, 2.24) is 5.32 Å². The molecule has 0 fully saturated rings. The molecule has 0 unspecified atom stereocenters. The van der Waals surface area contributed by atoms with Crippen LogP contribution in [0.3, 0.4) is 0 Å². The summed E-state index contributed by atoms with van der Waals surface area (Å²) in [5.74, 6) is -0.897. The fraction of sp³-hybridized carbons (Fsp3) is 0.417. The normalized spacial score (nSPS) is 10.4. The Kier molecular flexibility index (Phi) is 5.49. The fourth-order valence-corrected chi connectivity index (χ4v) is 1.87. The van der Waals surface area contributed by atoms with Crippen LogP contribution in [0, 0.1) is 0 Å². The van der Waals surface area contributed by atoms with Crippen LogP contribution in [0.5, 0.6) is 0 Å². The quantitative estimate of drug-likeness (QED) is 0.790. The number of halogens is 1. The van der Waals surface area contributed by atoms with Crippen molar-refractivity contribution in [2.75, 3.05) is 6.54 Å². The largest absolute Gasteiger partial charge is 0.478 e. The number of hydrogen-bond donors (Lipinski definition) is 2. The van der Waals surface area contributed by atoms with Gasteiger partial charge >= 0.3 is 5.97 Å². The van der Waals surface area contributed by atoms with Gasteiger partial charge in [0.2, 0.25) is 0 Å². The molecule has 0 spiro atoms. The Hall–Kier alpha value is -0.870. The number of nitrogens with one attached hydrogen (secondary N) is 1. The number of carboxylic acid groups (broad SMARTS) is 1. The first-order chi connectivity index (χ1) is 7.65. The maximum Gasteiger partial charge on any atom is 0.335 e. The molecule has 88 valence electrons. The van der Waals surface area contributed by atoms with Crippen LogP contribution in [0.25, 0.3) is 0 Å². The van der Waals surface area contributed by atoms with Crippen LogP contribution < -0.4 is 5.32 Å².